The van der Waals surface area contributed by atoms with E-state index in [0.717, 1.165) is 33.0 Å². The lowest BCUT2D eigenvalue weighted by Crippen LogP contribution is -2.29. The molecular weight excluding hydrogens is 350 g/mol. The van der Waals surface area contributed by atoms with E-state index in [2.05, 4.69) is 12.1 Å². The van der Waals surface area contributed by atoms with Gasteiger partial charge < -0.3 is 19.7 Å². The van der Waals surface area contributed by atoms with Crippen molar-refractivity contribution in [3.63, 3.8) is 0 Å². The normalized spacial score (nSPS) is 10.7. The average Bonchev–Trinajstić information content (AvgIpc) is 2.73. The number of hydrogen-bond donors (Lipinski definition) is 3. The second kappa shape index (κ2) is 7.90. The van der Waals surface area contributed by atoms with Crippen molar-refractivity contribution in [1.29, 1.82) is 0 Å². The van der Waals surface area contributed by atoms with Gasteiger partial charge in [-0.2, -0.15) is 0 Å². The van der Waals surface area contributed by atoms with Crippen LogP contribution in [0.2, 0.25) is 0 Å². The highest BCUT2D eigenvalue weighted by molar-refractivity contribution is 6.58. The van der Waals surface area contributed by atoms with Crippen LogP contribution in [0.3, 0.4) is 0 Å². The molecule has 0 spiro atoms. The van der Waals surface area contributed by atoms with Gasteiger partial charge in [-0.3, -0.25) is 0 Å². The number of benzene rings is 4. The molecule has 0 bridgehead atoms. The lowest BCUT2D eigenvalue weighted by atomic mass is 9.78. The molecule has 0 amide bonds. The zero-order valence-electron chi connectivity index (χ0n) is 15.0. The fourth-order valence-electron chi connectivity index (χ4n) is 3.49. The third kappa shape index (κ3) is 3.53. The molecule has 4 rings (SSSR count). The largest absolute Gasteiger partial charge is 0.569 e. The standard InChI is InChI=1S/C22H17B2O4/c25-23-28-19-10-2-8-17(14-19)21-12-4-6-15-5-3-11-20(22(15)21)16-7-1-9-18(13-16)24(26)27/h1-14,25-27H. The number of hydrogen-bond acceptors (Lipinski definition) is 4. The molecule has 0 aliphatic heterocycles. The van der Waals surface area contributed by atoms with Crippen molar-refractivity contribution < 1.29 is 19.7 Å². The molecule has 4 nitrogen and oxygen atoms in total. The van der Waals surface area contributed by atoms with E-state index in [9.17, 15) is 10.0 Å². The first-order valence-corrected chi connectivity index (χ1v) is 8.88. The lowest BCUT2D eigenvalue weighted by Gasteiger charge is -2.14. The highest BCUT2D eigenvalue weighted by Gasteiger charge is 2.14. The number of fused-ring (bicyclic) bond motifs is 1. The summed E-state index contributed by atoms with van der Waals surface area (Å²) < 4.78 is 5.11. The summed E-state index contributed by atoms with van der Waals surface area (Å²) in [7, 11) is -0.850. The van der Waals surface area contributed by atoms with Gasteiger partial charge in [0.2, 0.25) is 0 Å². The summed E-state index contributed by atoms with van der Waals surface area (Å²) in [5.74, 6) is 0.542. The van der Waals surface area contributed by atoms with Crippen molar-refractivity contribution in [3.8, 4) is 28.0 Å². The maximum absolute atomic E-state index is 9.54. The molecule has 0 aliphatic rings. The van der Waals surface area contributed by atoms with Crippen LogP contribution in [0.1, 0.15) is 0 Å². The van der Waals surface area contributed by atoms with E-state index in [-0.39, 0.29) is 0 Å². The van der Waals surface area contributed by atoms with E-state index in [1.54, 1.807) is 18.2 Å². The first kappa shape index (κ1) is 18.3. The van der Waals surface area contributed by atoms with E-state index in [0.29, 0.717) is 18.9 Å². The molecular formula is C22H17B2O4. The van der Waals surface area contributed by atoms with E-state index in [1.165, 1.54) is 0 Å². The molecule has 0 heterocycles. The Labute approximate surface area is 164 Å². The van der Waals surface area contributed by atoms with Crippen LogP contribution in [0.4, 0.5) is 0 Å². The summed E-state index contributed by atoms with van der Waals surface area (Å²) in [5, 5.41) is 30.1. The molecule has 6 heteroatoms. The van der Waals surface area contributed by atoms with Crippen LogP contribution < -0.4 is 10.1 Å². The van der Waals surface area contributed by atoms with Crippen LogP contribution in [0, 0.1) is 0 Å². The van der Waals surface area contributed by atoms with Crippen molar-refractivity contribution in [2.24, 2.45) is 0 Å². The Morgan fingerprint density at radius 2 is 1.32 bits per heavy atom. The van der Waals surface area contributed by atoms with Crippen molar-refractivity contribution in [3.05, 3.63) is 84.9 Å². The Morgan fingerprint density at radius 3 is 1.96 bits per heavy atom. The Balaban J connectivity index is 1.95. The molecule has 0 aromatic heterocycles. The van der Waals surface area contributed by atoms with Crippen LogP contribution in [0.15, 0.2) is 84.9 Å². The Morgan fingerprint density at radius 1 is 0.714 bits per heavy atom. The highest BCUT2D eigenvalue weighted by Crippen LogP contribution is 2.37. The zero-order valence-corrected chi connectivity index (χ0v) is 15.0. The van der Waals surface area contributed by atoms with E-state index in [4.69, 9.17) is 9.68 Å². The van der Waals surface area contributed by atoms with Gasteiger partial charge in [0.15, 0.2) is 0 Å². The van der Waals surface area contributed by atoms with Gasteiger partial charge >= 0.3 is 14.8 Å². The third-order valence-corrected chi connectivity index (χ3v) is 4.73. The maximum atomic E-state index is 9.54. The monoisotopic (exact) mass is 367 g/mol. The topological polar surface area (TPSA) is 69.9 Å². The molecule has 135 valence electrons. The van der Waals surface area contributed by atoms with E-state index >= 15 is 0 Å². The van der Waals surface area contributed by atoms with Gasteiger partial charge in [-0.15, -0.1) is 0 Å². The van der Waals surface area contributed by atoms with Crippen LogP contribution >= 0.6 is 0 Å². The fourth-order valence-corrected chi connectivity index (χ4v) is 3.49. The quantitative estimate of drug-likeness (QED) is 0.475. The van der Waals surface area contributed by atoms with Crippen LogP contribution in [-0.2, 0) is 0 Å². The summed E-state index contributed by atoms with van der Waals surface area (Å²) in [5.41, 5.74) is 4.32. The molecule has 0 fully saturated rings. The van der Waals surface area contributed by atoms with Gasteiger partial charge in [0, 0.05) is 0 Å². The summed E-state index contributed by atoms with van der Waals surface area (Å²) >= 11 is 0. The molecule has 28 heavy (non-hydrogen) atoms. The summed E-state index contributed by atoms with van der Waals surface area (Å²) in [6.07, 6.45) is 0. The molecule has 4 aromatic rings. The van der Waals surface area contributed by atoms with Crippen molar-refractivity contribution in [2.75, 3.05) is 0 Å². The van der Waals surface area contributed by atoms with Crippen LogP contribution in [0.25, 0.3) is 33.0 Å². The van der Waals surface area contributed by atoms with Gasteiger partial charge in [0.05, 0.1) is 0 Å². The SMILES string of the molecule is O[B]Oc1cccc(-c2cccc3cccc(-c4cccc(B(O)O)c4)c23)c1. The minimum absolute atomic E-state index is 0.445. The predicted octanol–water partition coefficient (Wildman–Crippen LogP) is 2.76. The highest BCUT2D eigenvalue weighted by atomic mass is 16.5. The van der Waals surface area contributed by atoms with E-state index in [1.807, 2.05) is 54.6 Å². The van der Waals surface area contributed by atoms with Gasteiger partial charge in [-0.05, 0) is 50.6 Å². The minimum atomic E-state index is -1.52. The van der Waals surface area contributed by atoms with Crippen LogP contribution in [-0.4, -0.2) is 29.9 Å². The average molecular weight is 367 g/mol. The first-order valence-electron chi connectivity index (χ1n) is 8.88. The third-order valence-electron chi connectivity index (χ3n) is 4.73. The second-order valence-electron chi connectivity index (χ2n) is 6.46. The molecule has 0 unspecified atom stereocenters. The summed E-state index contributed by atoms with van der Waals surface area (Å²) in [4.78, 5) is 0. The van der Waals surface area contributed by atoms with Crippen molar-refractivity contribution in [2.45, 2.75) is 0 Å². The fraction of sp³-hybridized carbons (Fsp3) is 0. The van der Waals surface area contributed by atoms with Gasteiger partial charge in [-0.25, -0.2) is 0 Å². The van der Waals surface area contributed by atoms with E-state index < -0.39 is 7.12 Å². The predicted molar refractivity (Wildman–Crippen MR) is 113 cm³/mol. The first-order chi connectivity index (χ1) is 13.7. The van der Waals surface area contributed by atoms with Gasteiger partial charge in [-0.1, -0.05) is 72.8 Å². The molecule has 0 saturated heterocycles. The molecule has 0 aliphatic carbocycles. The van der Waals surface area contributed by atoms with Crippen molar-refractivity contribution in [1.82, 2.24) is 0 Å². The molecule has 0 saturated carbocycles. The molecule has 0 atom stereocenters. The van der Waals surface area contributed by atoms with Crippen molar-refractivity contribution >= 4 is 31.0 Å². The number of rotatable bonds is 5. The van der Waals surface area contributed by atoms with Gasteiger partial charge in [0.25, 0.3) is 0 Å². The zero-order chi connectivity index (χ0) is 19.5. The Bertz CT molecular complexity index is 1120. The molecule has 4 aromatic carbocycles. The summed E-state index contributed by atoms with van der Waals surface area (Å²) in [6, 6.07) is 26.9. The Hall–Kier alpha value is -3.05. The maximum Gasteiger partial charge on any atom is 0.569 e. The Kier molecular flexibility index (Phi) is 5.17. The smallest absolute Gasteiger partial charge is 0.537 e. The molecule has 3 N–H and O–H groups in total. The lowest BCUT2D eigenvalue weighted by molar-refractivity contribution is 0.426. The molecule has 1 radical (unpaired) electrons. The second-order valence-corrected chi connectivity index (χ2v) is 6.46. The van der Waals surface area contributed by atoms with Gasteiger partial charge in [0.1, 0.15) is 5.75 Å². The minimum Gasteiger partial charge on any atom is -0.537 e. The summed E-state index contributed by atoms with van der Waals surface area (Å²) in [6.45, 7) is 0. The van der Waals surface area contributed by atoms with Crippen LogP contribution in [0.5, 0.6) is 5.75 Å².